The molecule has 3 nitrogen and oxygen atoms in total. The van der Waals surface area contributed by atoms with Crippen LogP contribution in [0.1, 0.15) is 32.7 Å². The van der Waals surface area contributed by atoms with Crippen LogP contribution in [0.5, 0.6) is 0 Å². The lowest BCUT2D eigenvalue weighted by Gasteiger charge is -2.18. The third-order valence-electron chi connectivity index (χ3n) is 2.40. The largest absolute Gasteiger partial charge is 0.591 e. The highest BCUT2D eigenvalue weighted by atomic mass is 79.9. The van der Waals surface area contributed by atoms with Gasteiger partial charge in [0.15, 0.2) is 0 Å². The van der Waals surface area contributed by atoms with E-state index in [1.165, 1.54) is 0 Å². The maximum Gasteiger partial charge on any atom is 0.144 e. The van der Waals surface area contributed by atoms with Crippen LogP contribution in [0, 0.1) is 0 Å². The minimum atomic E-state index is -1.25. The monoisotopic (exact) mass is 358 g/mol. The van der Waals surface area contributed by atoms with Crippen molar-refractivity contribution in [2.45, 2.75) is 32.4 Å². The summed E-state index contributed by atoms with van der Waals surface area (Å²) >= 11 is 3.76. The average Bonchev–Trinajstić information content (AvgIpc) is 2.70. The summed E-state index contributed by atoms with van der Waals surface area (Å²) in [5.74, 6) is 0. The molecule has 0 spiro atoms. The van der Waals surface area contributed by atoms with Gasteiger partial charge in [0.2, 0.25) is 0 Å². The highest BCUT2D eigenvalue weighted by Gasteiger charge is 2.27. The Bertz CT molecular complexity index is 631. The maximum atomic E-state index is 12.0. The van der Waals surface area contributed by atoms with Crippen LogP contribution >= 0.6 is 27.3 Å². The quantitative estimate of drug-likeness (QED) is 0.592. The molecule has 0 radical (unpaired) electrons. The van der Waals surface area contributed by atoms with Gasteiger partial charge in [-0.1, -0.05) is 20.3 Å². The van der Waals surface area contributed by atoms with Crippen molar-refractivity contribution in [3.8, 4) is 0 Å². The topological polar surface area (TPSA) is 48.3 Å². The SMILES string of the molecule is CC(=N[S+]([O-])C(C)(C)C)c1nc2ccc(Br)cc2s1. The molecule has 0 aliphatic rings. The first-order valence-corrected chi connectivity index (χ1v) is 8.53. The first-order chi connectivity index (χ1) is 8.77. The standard InChI is InChI=1S/C13H15BrN2OS2/c1-8(16-19(17)13(2,3)4)12-15-10-6-5-9(14)7-11(10)18-12/h5-7H,1-4H3. The van der Waals surface area contributed by atoms with Crippen molar-refractivity contribution in [3.05, 3.63) is 27.7 Å². The van der Waals surface area contributed by atoms with Crippen molar-refractivity contribution in [1.82, 2.24) is 4.98 Å². The summed E-state index contributed by atoms with van der Waals surface area (Å²) < 4.78 is 18.1. The van der Waals surface area contributed by atoms with Gasteiger partial charge >= 0.3 is 0 Å². The molecule has 0 saturated heterocycles. The summed E-state index contributed by atoms with van der Waals surface area (Å²) in [6, 6.07) is 5.96. The Morgan fingerprint density at radius 2 is 2.11 bits per heavy atom. The lowest BCUT2D eigenvalue weighted by Crippen LogP contribution is -2.26. The van der Waals surface area contributed by atoms with Crippen LogP contribution in [0.3, 0.4) is 0 Å². The lowest BCUT2D eigenvalue weighted by molar-refractivity contribution is 0.561. The molecule has 0 aliphatic heterocycles. The van der Waals surface area contributed by atoms with Crippen molar-refractivity contribution in [2.75, 3.05) is 0 Å². The Hall–Kier alpha value is -0.430. The van der Waals surface area contributed by atoms with Crippen LogP contribution < -0.4 is 0 Å². The van der Waals surface area contributed by atoms with Crippen LogP contribution in [-0.4, -0.2) is 20.0 Å². The van der Waals surface area contributed by atoms with Crippen molar-refractivity contribution >= 4 is 54.6 Å². The second-order valence-electron chi connectivity index (χ2n) is 5.17. The van der Waals surface area contributed by atoms with Crippen molar-refractivity contribution in [2.24, 2.45) is 4.40 Å². The fourth-order valence-electron chi connectivity index (χ4n) is 1.35. The van der Waals surface area contributed by atoms with Crippen LogP contribution in [0.25, 0.3) is 10.2 Å². The molecule has 0 aliphatic carbocycles. The summed E-state index contributed by atoms with van der Waals surface area (Å²) in [6.45, 7) is 7.59. The number of thiazole rings is 1. The van der Waals surface area contributed by atoms with Gasteiger partial charge in [-0.3, -0.25) is 0 Å². The molecule has 19 heavy (non-hydrogen) atoms. The van der Waals surface area contributed by atoms with Gasteiger partial charge in [-0.2, -0.15) is 0 Å². The first kappa shape index (κ1) is 15.0. The van der Waals surface area contributed by atoms with Gasteiger partial charge < -0.3 is 4.55 Å². The molecule has 1 atom stereocenters. The predicted octanol–water partition coefficient (Wildman–Crippen LogP) is 4.33. The molecule has 0 amide bonds. The van der Waals surface area contributed by atoms with Crippen LogP contribution in [-0.2, 0) is 11.4 Å². The third kappa shape index (κ3) is 3.56. The highest BCUT2D eigenvalue weighted by Crippen LogP contribution is 2.26. The Kier molecular flexibility index (Phi) is 4.35. The van der Waals surface area contributed by atoms with Gasteiger partial charge in [0.25, 0.3) is 0 Å². The van der Waals surface area contributed by atoms with Crippen LogP contribution in [0.15, 0.2) is 27.1 Å². The summed E-state index contributed by atoms with van der Waals surface area (Å²) in [7, 11) is 0. The molecule has 6 heteroatoms. The van der Waals surface area contributed by atoms with Crippen molar-refractivity contribution in [1.29, 1.82) is 0 Å². The summed E-state index contributed by atoms with van der Waals surface area (Å²) in [5, 5.41) is 0.825. The molecule has 0 bridgehead atoms. The first-order valence-electron chi connectivity index (χ1n) is 5.81. The van der Waals surface area contributed by atoms with Crippen LogP contribution in [0.4, 0.5) is 0 Å². The van der Waals surface area contributed by atoms with Gasteiger partial charge in [-0.25, -0.2) is 4.98 Å². The average molecular weight is 359 g/mol. The van der Waals surface area contributed by atoms with E-state index in [-0.39, 0.29) is 4.75 Å². The second-order valence-corrected chi connectivity index (χ2v) is 9.02. The van der Waals surface area contributed by atoms with Crippen LogP contribution in [0.2, 0.25) is 0 Å². The molecule has 1 aromatic carbocycles. The van der Waals surface area contributed by atoms with E-state index in [2.05, 4.69) is 25.3 Å². The molecule has 1 heterocycles. The summed E-state index contributed by atoms with van der Waals surface area (Å²) in [5.41, 5.74) is 1.67. The normalized spacial score (nSPS) is 14.9. The Labute approximate surface area is 128 Å². The Morgan fingerprint density at radius 3 is 2.74 bits per heavy atom. The fourth-order valence-corrected chi connectivity index (χ4v) is 3.48. The van der Waals surface area contributed by atoms with E-state index in [1.54, 1.807) is 11.3 Å². The van der Waals surface area contributed by atoms with E-state index in [1.807, 2.05) is 45.9 Å². The number of aromatic nitrogens is 1. The number of nitrogens with zero attached hydrogens (tertiary/aromatic N) is 2. The molecule has 1 unspecified atom stereocenters. The zero-order valence-electron chi connectivity index (χ0n) is 11.2. The van der Waals surface area contributed by atoms with Crippen molar-refractivity contribution < 1.29 is 4.55 Å². The van der Waals surface area contributed by atoms with Gasteiger partial charge in [-0.05, 0) is 45.9 Å². The van der Waals surface area contributed by atoms with E-state index in [0.717, 1.165) is 25.4 Å². The zero-order chi connectivity index (χ0) is 14.2. The molecule has 1 aromatic heterocycles. The third-order valence-corrected chi connectivity index (χ3v) is 5.51. The lowest BCUT2D eigenvalue weighted by atomic mass is 10.3. The van der Waals surface area contributed by atoms with Gasteiger partial charge in [0.1, 0.15) is 26.8 Å². The molecule has 102 valence electrons. The number of rotatable bonds is 2. The number of hydrogen-bond donors (Lipinski definition) is 0. The number of benzene rings is 1. The Morgan fingerprint density at radius 1 is 1.42 bits per heavy atom. The van der Waals surface area contributed by atoms with Crippen molar-refractivity contribution in [3.63, 3.8) is 0 Å². The minimum absolute atomic E-state index is 0.346. The van der Waals surface area contributed by atoms with E-state index >= 15 is 0 Å². The fraction of sp³-hybridized carbons (Fsp3) is 0.385. The molecule has 2 aromatic rings. The summed E-state index contributed by atoms with van der Waals surface area (Å²) in [6.07, 6.45) is 0. The number of hydrogen-bond acceptors (Lipinski definition) is 4. The molecular weight excluding hydrogens is 344 g/mol. The van der Waals surface area contributed by atoms with Gasteiger partial charge in [0, 0.05) is 4.47 Å². The van der Waals surface area contributed by atoms with E-state index in [0.29, 0.717) is 0 Å². The molecule has 2 rings (SSSR count). The maximum absolute atomic E-state index is 12.0. The summed E-state index contributed by atoms with van der Waals surface area (Å²) in [4.78, 5) is 4.52. The molecule has 0 saturated carbocycles. The van der Waals surface area contributed by atoms with E-state index < -0.39 is 11.4 Å². The predicted molar refractivity (Wildman–Crippen MR) is 87.4 cm³/mol. The van der Waals surface area contributed by atoms with E-state index in [9.17, 15) is 4.55 Å². The highest BCUT2D eigenvalue weighted by molar-refractivity contribution is 9.10. The Balaban J connectivity index is 2.36. The van der Waals surface area contributed by atoms with Gasteiger partial charge in [-0.15, -0.1) is 11.3 Å². The molecule has 0 fully saturated rings. The van der Waals surface area contributed by atoms with E-state index in [4.69, 9.17) is 0 Å². The smallest absolute Gasteiger partial charge is 0.144 e. The number of halogens is 1. The number of fused-ring (bicyclic) bond motifs is 1. The minimum Gasteiger partial charge on any atom is -0.591 e. The second kappa shape index (κ2) is 5.52. The molecule has 0 N–H and O–H groups in total. The van der Waals surface area contributed by atoms with Gasteiger partial charge in [0.05, 0.1) is 10.2 Å². The zero-order valence-corrected chi connectivity index (χ0v) is 14.4. The molecular formula is C13H15BrN2OS2.